The van der Waals surface area contributed by atoms with Crippen LogP contribution < -0.4 is 10.6 Å². The number of hydrogen-bond donors (Lipinski definition) is 2. The average Bonchev–Trinajstić information content (AvgIpc) is 2.64. The van der Waals surface area contributed by atoms with Gasteiger partial charge in [-0.3, -0.25) is 0 Å². The molecule has 1 aromatic heterocycles. The van der Waals surface area contributed by atoms with Crippen LogP contribution in [-0.4, -0.2) is 16.5 Å². The summed E-state index contributed by atoms with van der Waals surface area (Å²) in [6, 6.07) is 22.8. The fraction of sp³-hybridized carbons (Fsp3) is 0.200. The Kier molecular flexibility index (Phi) is 5.40. The minimum absolute atomic E-state index is 0.193. The van der Waals surface area contributed by atoms with E-state index in [1.54, 1.807) is 6.20 Å². The van der Waals surface area contributed by atoms with E-state index in [-0.39, 0.29) is 6.04 Å². The Morgan fingerprint density at radius 3 is 2.38 bits per heavy atom. The van der Waals surface area contributed by atoms with Crippen LogP contribution in [0, 0.1) is 0 Å². The van der Waals surface area contributed by atoms with Gasteiger partial charge in [-0.1, -0.05) is 60.7 Å². The third-order valence-corrected chi connectivity index (χ3v) is 3.86. The summed E-state index contributed by atoms with van der Waals surface area (Å²) >= 11 is 0. The van der Waals surface area contributed by atoms with Gasteiger partial charge in [0.05, 0.1) is 0 Å². The van der Waals surface area contributed by atoms with Crippen molar-refractivity contribution in [3.63, 3.8) is 0 Å². The van der Waals surface area contributed by atoms with Crippen molar-refractivity contribution in [1.29, 1.82) is 0 Å². The summed E-state index contributed by atoms with van der Waals surface area (Å²) in [5.74, 6) is 1.47. The maximum atomic E-state index is 4.54. The largest absolute Gasteiger partial charge is 0.363 e. The molecule has 2 N–H and O–H groups in total. The number of rotatable bonds is 7. The van der Waals surface area contributed by atoms with Crippen LogP contribution in [0.3, 0.4) is 0 Å². The minimum atomic E-state index is 0.193. The molecule has 2 aromatic carbocycles. The number of nitrogens with zero attached hydrogens (tertiary/aromatic N) is 2. The molecule has 0 amide bonds. The summed E-state index contributed by atoms with van der Waals surface area (Å²) in [6.45, 7) is 2.93. The Morgan fingerprint density at radius 2 is 1.62 bits per heavy atom. The SMILES string of the molecule is C[C@@H](Nc1ccnc(NCCc2ccccc2)n1)c1ccccc1. The minimum Gasteiger partial charge on any atom is -0.363 e. The van der Waals surface area contributed by atoms with Crippen LogP contribution in [0.25, 0.3) is 0 Å². The van der Waals surface area contributed by atoms with Gasteiger partial charge in [-0.15, -0.1) is 0 Å². The molecule has 122 valence electrons. The third-order valence-electron chi connectivity index (χ3n) is 3.86. The normalized spacial score (nSPS) is 11.7. The second-order valence-electron chi connectivity index (χ2n) is 5.70. The first kappa shape index (κ1) is 16.0. The molecule has 0 aliphatic rings. The Morgan fingerprint density at radius 1 is 0.917 bits per heavy atom. The van der Waals surface area contributed by atoms with Crippen LogP contribution in [0.4, 0.5) is 11.8 Å². The number of benzene rings is 2. The highest BCUT2D eigenvalue weighted by Crippen LogP contribution is 2.17. The first-order valence-electron chi connectivity index (χ1n) is 8.23. The van der Waals surface area contributed by atoms with Gasteiger partial charge in [0.1, 0.15) is 5.82 Å². The van der Waals surface area contributed by atoms with Gasteiger partial charge in [0, 0.05) is 18.8 Å². The van der Waals surface area contributed by atoms with Crippen molar-refractivity contribution in [2.24, 2.45) is 0 Å². The zero-order valence-electron chi connectivity index (χ0n) is 13.8. The Balaban J connectivity index is 1.56. The quantitative estimate of drug-likeness (QED) is 0.682. The average molecular weight is 318 g/mol. The first-order valence-corrected chi connectivity index (χ1v) is 8.23. The summed E-state index contributed by atoms with van der Waals surface area (Å²) in [6.07, 6.45) is 2.72. The maximum Gasteiger partial charge on any atom is 0.224 e. The third kappa shape index (κ3) is 4.56. The molecule has 1 atom stereocenters. The van der Waals surface area contributed by atoms with Gasteiger partial charge in [-0.2, -0.15) is 4.98 Å². The maximum absolute atomic E-state index is 4.54. The molecule has 0 saturated carbocycles. The lowest BCUT2D eigenvalue weighted by molar-refractivity contribution is 0.870. The standard InChI is InChI=1S/C20H22N4/c1-16(18-10-6-3-7-11-18)23-19-13-15-22-20(24-19)21-14-12-17-8-4-2-5-9-17/h2-11,13,15-16H,12,14H2,1H3,(H2,21,22,23,24)/t16-/m1/s1. The molecule has 24 heavy (non-hydrogen) atoms. The Labute approximate surface area is 143 Å². The van der Waals surface area contributed by atoms with Crippen molar-refractivity contribution in [3.05, 3.63) is 84.1 Å². The molecule has 0 saturated heterocycles. The molecular weight excluding hydrogens is 296 g/mol. The molecule has 0 radical (unpaired) electrons. The number of nitrogens with one attached hydrogen (secondary N) is 2. The molecule has 4 nitrogen and oxygen atoms in total. The van der Waals surface area contributed by atoms with Crippen molar-refractivity contribution < 1.29 is 0 Å². The molecular formula is C20H22N4. The molecule has 0 bridgehead atoms. The number of hydrogen-bond acceptors (Lipinski definition) is 4. The second kappa shape index (κ2) is 8.11. The highest BCUT2D eigenvalue weighted by atomic mass is 15.1. The highest BCUT2D eigenvalue weighted by Gasteiger charge is 2.06. The zero-order valence-corrected chi connectivity index (χ0v) is 13.8. The Hall–Kier alpha value is -2.88. The molecule has 0 fully saturated rings. The zero-order chi connectivity index (χ0) is 16.6. The van der Waals surface area contributed by atoms with Gasteiger partial charge in [-0.05, 0) is 30.5 Å². The molecule has 3 aromatic rings. The van der Waals surface area contributed by atoms with E-state index in [4.69, 9.17) is 0 Å². The van der Waals surface area contributed by atoms with Gasteiger partial charge in [0.25, 0.3) is 0 Å². The van der Waals surface area contributed by atoms with Crippen LogP contribution in [0.5, 0.6) is 0 Å². The van der Waals surface area contributed by atoms with E-state index in [0.717, 1.165) is 18.8 Å². The number of aromatic nitrogens is 2. The summed E-state index contributed by atoms with van der Waals surface area (Å²) < 4.78 is 0. The summed E-state index contributed by atoms with van der Waals surface area (Å²) in [7, 11) is 0. The van der Waals surface area contributed by atoms with E-state index < -0.39 is 0 Å². The van der Waals surface area contributed by atoms with Crippen molar-refractivity contribution in [3.8, 4) is 0 Å². The summed E-state index contributed by atoms with van der Waals surface area (Å²) in [5, 5.41) is 6.70. The van der Waals surface area contributed by atoms with Gasteiger partial charge < -0.3 is 10.6 Å². The topological polar surface area (TPSA) is 49.8 Å². The van der Waals surface area contributed by atoms with Crippen LogP contribution in [0.1, 0.15) is 24.1 Å². The van der Waals surface area contributed by atoms with E-state index in [9.17, 15) is 0 Å². The van der Waals surface area contributed by atoms with Gasteiger partial charge in [0.2, 0.25) is 5.95 Å². The fourth-order valence-electron chi connectivity index (χ4n) is 2.53. The van der Waals surface area contributed by atoms with E-state index >= 15 is 0 Å². The molecule has 0 unspecified atom stereocenters. The van der Waals surface area contributed by atoms with Crippen molar-refractivity contribution in [2.45, 2.75) is 19.4 Å². The molecule has 0 spiro atoms. The number of anilines is 2. The summed E-state index contributed by atoms with van der Waals surface area (Å²) in [4.78, 5) is 8.82. The van der Waals surface area contributed by atoms with Crippen molar-refractivity contribution in [1.82, 2.24) is 9.97 Å². The van der Waals surface area contributed by atoms with Crippen LogP contribution in [0.15, 0.2) is 72.9 Å². The van der Waals surface area contributed by atoms with Gasteiger partial charge in [0.15, 0.2) is 0 Å². The summed E-state index contributed by atoms with van der Waals surface area (Å²) in [5.41, 5.74) is 2.53. The van der Waals surface area contributed by atoms with E-state index in [0.29, 0.717) is 5.95 Å². The lowest BCUT2D eigenvalue weighted by Crippen LogP contribution is -2.11. The Bertz CT molecular complexity index is 744. The van der Waals surface area contributed by atoms with Crippen molar-refractivity contribution >= 4 is 11.8 Å². The lowest BCUT2D eigenvalue weighted by Gasteiger charge is -2.15. The highest BCUT2D eigenvalue weighted by molar-refractivity contribution is 5.42. The van der Waals surface area contributed by atoms with Crippen LogP contribution >= 0.6 is 0 Å². The molecule has 1 heterocycles. The molecule has 0 aliphatic heterocycles. The first-order chi connectivity index (χ1) is 11.8. The van der Waals surface area contributed by atoms with Crippen LogP contribution in [-0.2, 0) is 6.42 Å². The van der Waals surface area contributed by atoms with Gasteiger partial charge in [-0.25, -0.2) is 4.98 Å². The van der Waals surface area contributed by atoms with E-state index in [2.05, 4.69) is 63.9 Å². The fourth-order valence-corrected chi connectivity index (χ4v) is 2.53. The van der Waals surface area contributed by atoms with Gasteiger partial charge >= 0.3 is 0 Å². The monoisotopic (exact) mass is 318 g/mol. The lowest BCUT2D eigenvalue weighted by atomic mass is 10.1. The predicted octanol–water partition coefficient (Wildman–Crippen LogP) is 4.30. The van der Waals surface area contributed by atoms with E-state index in [1.165, 1.54) is 11.1 Å². The second-order valence-corrected chi connectivity index (χ2v) is 5.70. The van der Waals surface area contributed by atoms with E-state index in [1.807, 2.05) is 30.3 Å². The smallest absolute Gasteiger partial charge is 0.224 e. The van der Waals surface area contributed by atoms with Crippen molar-refractivity contribution in [2.75, 3.05) is 17.2 Å². The molecule has 4 heteroatoms. The van der Waals surface area contributed by atoms with Crippen LogP contribution in [0.2, 0.25) is 0 Å². The molecule has 3 rings (SSSR count). The predicted molar refractivity (Wildman–Crippen MR) is 99.1 cm³/mol. The molecule has 0 aliphatic carbocycles.